The number of allylic oxidation sites excluding steroid dienone is 1. The largest absolute Gasteiger partial charge is 0.396 e. The third-order valence-electron chi connectivity index (χ3n) is 3.22. The van der Waals surface area contributed by atoms with E-state index < -0.39 is 0 Å². The van der Waals surface area contributed by atoms with Crippen LogP contribution >= 0.6 is 0 Å². The van der Waals surface area contributed by atoms with Crippen molar-refractivity contribution in [3.63, 3.8) is 0 Å². The molecular formula is C17H23NO. The number of hydrogen-bond acceptors (Lipinski definition) is 2. The molecule has 2 rings (SSSR count). The summed E-state index contributed by atoms with van der Waals surface area (Å²) in [7, 11) is 0. The van der Waals surface area contributed by atoms with Gasteiger partial charge in [0, 0.05) is 23.4 Å². The molecule has 0 bridgehead atoms. The Labute approximate surface area is 115 Å². The summed E-state index contributed by atoms with van der Waals surface area (Å²) >= 11 is 0. The average Bonchev–Trinajstić information content (AvgIpc) is 2.64. The zero-order valence-electron chi connectivity index (χ0n) is 12.2. The fourth-order valence-electron chi connectivity index (χ4n) is 2.48. The van der Waals surface area contributed by atoms with E-state index in [1.54, 1.807) is 0 Å². The number of rotatable bonds is 3. The Balaban J connectivity index is 2.47. The molecule has 1 aliphatic rings. The van der Waals surface area contributed by atoms with E-state index in [1.807, 2.05) is 0 Å². The van der Waals surface area contributed by atoms with E-state index >= 15 is 0 Å². The molecule has 0 aliphatic heterocycles. The van der Waals surface area contributed by atoms with E-state index in [4.69, 9.17) is 0 Å². The molecular weight excluding hydrogens is 234 g/mol. The van der Waals surface area contributed by atoms with Crippen LogP contribution in [0.5, 0.6) is 0 Å². The number of benzene rings is 1. The second kappa shape index (κ2) is 5.22. The van der Waals surface area contributed by atoms with Crippen molar-refractivity contribution in [2.75, 3.05) is 6.61 Å². The highest BCUT2D eigenvalue weighted by Gasteiger charge is 2.23. The summed E-state index contributed by atoms with van der Waals surface area (Å²) in [6.45, 7) is 8.79. The van der Waals surface area contributed by atoms with Crippen molar-refractivity contribution in [1.29, 1.82) is 0 Å². The van der Waals surface area contributed by atoms with Crippen molar-refractivity contribution in [1.82, 2.24) is 5.32 Å². The summed E-state index contributed by atoms with van der Waals surface area (Å²) in [5.41, 5.74) is 6.19. The Morgan fingerprint density at radius 3 is 2.53 bits per heavy atom. The third kappa shape index (κ3) is 3.07. The molecule has 0 spiro atoms. The highest BCUT2D eigenvalue weighted by Crippen LogP contribution is 2.37. The molecule has 1 aliphatic carbocycles. The van der Waals surface area contributed by atoms with Gasteiger partial charge in [-0.15, -0.1) is 0 Å². The summed E-state index contributed by atoms with van der Waals surface area (Å²) in [6.07, 6.45) is 2.92. The van der Waals surface area contributed by atoms with E-state index in [2.05, 4.69) is 63.4 Å². The molecule has 0 atom stereocenters. The molecule has 2 nitrogen and oxygen atoms in total. The van der Waals surface area contributed by atoms with Crippen molar-refractivity contribution in [2.24, 2.45) is 0 Å². The highest BCUT2D eigenvalue weighted by atomic mass is 16.2. The van der Waals surface area contributed by atoms with E-state index in [0.29, 0.717) is 6.42 Å². The van der Waals surface area contributed by atoms with Gasteiger partial charge in [-0.1, -0.05) is 29.8 Å². The van der Waals surface area contributed by atoms with E-state index in [-0.39, 0.29) is 12.1 Å². The second-order valence-electron chi connectivity index (χ2n) is 6.15. The minimum atomic E-state index is 0.0264. The molecule has 0 aromatic heterocycles. The molecule has 0 saturated carbocycles. The van der Waals surface area contributed by atoms with E-state index in [1.165, 1.54) is 28.0 Å². The van der Waals surface area contributed by atoms with Gasteiger partial charge in [-0.2, -0.15) is 0 Å². The molecule has 2 N–H and O–H groups in total. The Morgan fingerprint density at radius 1 is 1.21 bits per heavy atom. The first-order chi connectivity index (χ1) is 8.92. The average molecular weight is 257 g/mol. The SMILES string of the molecule is CC(CCO)=C1C(NC(C)(C)C)=Cc2ccccc21. The Morgan fingerprint density at radius 2 is 1.89 bits per heavy atom. The molecule has 102 valence electrons. The van der Waals surface area contributed by atoms with Crippen molar-refractivity contribution in [3.8, 4) is 0 Å². The fraction of sp³-hybridized carbons (Fsp3) is 0.412. The maximum atomic E-state index is 9.19. The fourth-order valence-corrected chi connectivity index (χ4v) is 2.48. The second-order valence-corrected chi connectivity index (χ2v) is 6.15. The highest BCUT2D eigenvalue weighted by molar-refractivity contribution is 5.95. The molecule has 0 heterocycles. The zero-order chi connectivity index (χ0) is 14.0. The minimum Gasteiger partial charge on any atom is -0.396 e. The minimum absolute atomic E-state index is 0.0264. The number of aliphatic hydroxyl groups excluding tert-OH is 1. The zero-order valence-corrected chi connectivity index (χ0v) is 12.2. The van der Waals surface area contributed by atoms with Crippen molar-refractivity contribution < 1.29 is 5.11 Å². The molecule has 0 radical (unpaired) electrons. The van der Waals surface area contributed by atoms with E-state index in [9.17, 15) is 5.11 Å². The Bertz CT molecular complexity index is 532. The van der Waals surface area contributed by atoms with E-state index in [0.717, 1.165) is 0 Å². The number of nitrogens with one attached hydrogen (secondary N) is 1. The number of aliphatic hydroxyl groups is 1. The first kappa shape index (κ1) is 13.9. The molecule has 0 saturated heterocycles. The number of fused-ring (bicyclic) bond motifs is 1. The molecule has 0 unspecified atom stereocenters. The number of hydrogen-bond donors (Lipinski definition) is 2. The van der Waals surface area contributed by atoms with Gasteiger partial charge in [0.1, 0.15) is 0 Å². The first-order valence-electron chi connectivity index (χ1n) is 6.82. The molecule has 0 amide bonds. The van der Waals surface area contributed by atoms with Crippen molar-refractivity contribution in [2.45, 2.75) is 39.7 Å². The topological polar surface area (TPSA) is 32.3 Å². The van der Waals surface area contributed by atoms with Crippen molar-refractivity contribution in [3.05, 3.63) is 46.7 Å². The summed E-state index contributed by atoms with van der Waals surface area (Å²) in [6, 6.07) is 8.42. The standard InChI is InChI=1S/C17H23NO/c1-12(9-10-19)16-14-8-6-5-7-13(14)11-15(16)18-17(2,3)4/h5-8,11,18-19H,9-10H2,1-4H3. The maximum Gasteiger partial charge on any atom is 0.0468 e. The van der Waals surface area contributed by atoms with Crippen LogP contribution in [0.25, 0.3) is 11.6 Å². The molecule has 1 aromatic carbocycles. The monoisotopic (exact) mass is 257 g/mol. The Hall–Kier alpha value is -1.54. The molecule has 1 aromatic rings. The van der Waals surface area contributed by atoms with Gasteiger partial charge in [0.25, 0.3) is 0 Å². The van der Waals surface area contributed by atoms with Crippen LogP contribution < -0.4 is 5.32 Å². The van der Waals surface area contributed by atoms with Crippen molar-refractivity contribution >= 4 is 11.6 Å². The smallest absolute Gasteiger partial charge is 0.0468 e. The lowest BCUT2D eigenvalue weighted by atomic mass is 9.97. The molecule has 0 fully saturated rings. The normalized spacial score (nSPS) is 17.0. The summed E-state index contributed by atoms with van der Waals surface area (Å²) in [4.78, 5) is 0. The predicted octanol–water partition coefficient (Wildman–Crippen LogP) is 3.59. The Kier molecular flexibility index (Phi) is 3.81. The van der Waals surface area contributed by atoms with Gasteiger partial charge in [-0.3, -0.25) is 0 Å². The molecule has 19 heavy (non-hydrogen) atoms. The van der Waals surface area contributed by atoms with Gasteiger partial charge in [0.15, 0.2) is 0 Å². The maximum absolute atomic E-state index is 9.19. The molecule has 2 heteroatoms. The van der Waals surface area contributed by atoms with Crippen LogP contribution in [0.15, 0.2) is 35.5 Å². The predicted molar refractivity (Wildman–Crippen MR) is 81.6 cm³/mol. The van der Waals surface area contributed by atoms with Crippen LogP contribution in [0.3, 0.4) is 0 Å². The van der Waals surface area contributed by atoms with Crippen LogP contribution in [0.4, 0.5) is 0 Å². The summed E-state index contributed by atoms with van der Waals surface area (Å²) < 4.78 is 0. The van der Waals surface area contributed by atoms with Gasteiger partial charge in [-0.25, -0.2) is 0 Å². The van der Waals surface area contributed by atoms with Gasteiger partial charge in [0.2, 0.25) is 0 Å². The lowest BCUT2D eigenvalue weighted by molar-refractivity contribution is 0.299. The van der Waals surface area contributed by atoms with Crippen LogP contribution in [0, 0.1) is 0 Å². The third-order valence-corrected chi connectivity index (χ3v) is 3.22. The van der Waals surface area contributed by atoms with Gasteiger partial charge in [-0.05, 0) is 51.3 Å². The van der Waals surface area contributed by atoms with Crippen LogP contribution in [0.2, 0.25) is 0 Å². The van der Waals surface area contributed by atoms with Gasteiger partial charge in [0.05, 0.1) is 0 Å². The van der Waals surface area contributed by atoms with Gasteiger partial charge < -0.3 is 10.4 Å². The lowest BCUT2D eigenvalue weighted by Gasteiger charge is -2.25. The van der Waals surface area contributed by atoms with Gasteiger partial charge >= 0.3 is 0 Å². The van der Waals surface area contributed by atoms with Crippen LogP contribution in [-0.2, 0) is 0 Å². The first-order valence-corrected chi connectivity index (χ1v) is 6.82. The lowest BCUT2D eigenvalue weighted by Crippen LogP contribution is -2.34. The summed E-state index contributed by atoms with van der Waals surface area (Å²) in [5, 5.41) is 12.8. The summed E-state index contributed by atoms with van der Waals surface area (Å²) in [5.74, 6) is 0. The van der Waals surface area contributed by atoms with Crippen LogP contribution in [0.1, 0.15) is 45.2 Å². The van der Waals surface area contributed by atoms with Crippen LogP contribution in [-0.4, -0.2) is 17.3 Å². The quantitative estimate of drug-likeness (QED) is 0.867.